The highest BCUT2D eigenvalue weighted by atomic mass is 16.1. The van der Waals surface area contributed by atoms with Gasteiger partial charge < -0.3 is 10.6 Å². The largest absolute Gasteiger partial charge is 0.384 e. The zero-order valence-corrected chi connectivity index (χ0v) is 10.5. The molecular weight excluding hydrogens is 226 g/mol. The first-order chi connectivity index (χ1) is 8.69. The van der Waals surface area contributed by atoms with Crippen molar-refractivity contribution in [3.05, 3.63) is 29.3 Å². The fraction of sp³-hybridized carbons (Fsp3) is 0.429. The lowest BCUT2D eigenvalue weighted by Crippen LogP contribution is -2.27. The summed E-state index contributed by atoms with van der Waals surface area (Å²) in [5.41, 5.74) is 2.63. The summed E-state index contributed by atoms with van der Waals surface area (Å²) in [6, 6.07) is 8.04. The molecule has 0 unspecified atom stereocenters. The molecule has 94 valence electrons. The highest BCUT2D eigenvalue weighted by Gasteiger charge is 2.22. The number of anilines is 1. The normalized spacial score (nSPS) is 13.8. The van der Waals surface area contributed by atoms with Crippen LogP contribution in [0.15, 0.2) is 18.2 Å². The molecule has 1 aliphatic rings. The van der Waals surface area contributed by atoms with Gasteiger partial charge in [0.25, 0.3) is 0 Å². The van der Waals surface area contributed by atoms with Crippen LogP contribution in [0.3, 0.4) is 0 Å². The minimum absolute atomic E-state index is 0.0964. The SMILES string of the molecule is Cc1ccc(C#N)cc1NCCC(=O)NC1CC1. The third kappa shape index (κ3) is 3.49. The summed E-state index contributed by atoms with van der Waals surface area (Å²) in [4.78, 5) is 11.5. The van der Waals surface area contributed by atoms with E-state index in [1.54, 1.807) is 6.07 Å². The van der Waals surface area contributed by atoms with E-state index in [-0.39, 0.29) is 5.91 Å². The summed E-state index contributed by atoms with van der Waals surface area (Å²) in [6.07, 6.45) is 2.69. The molecule has 1 aromatic carbocycles. The van der Waals surface area contributed by atoms with Gasteiger partial charge in [-0.2, -0.15) is 5.26 Å². The first-order valence-corrected chi connectivity index (χ1v) is 6.23. The van der Waals surface area contributed by atoms with Crippen LogP contribution in [0, 0.1) is 18.3 Å². The van der Waals surface area contributed by atoms with Crippen molar-refractivity contribution >= 4 is 11.6 Å². The molecule has 1 aliphatic carbocycles. The second kappa shape index (κ2) is 5.54. The molecule has 1 fully saturated rings. The number of nitrogens with zero attached hydrogens (tertiary/aromatic N) is 1. The number of aryl methyl sites for hydroxylation is 1. The molecule has 1 aromatic rings. The van der Waals surface area contributed by atoms with Gasteiger partial charge in [0.2, 0.25) is 5.91 Å². The number of carbonyl (C=O) groups excluding carboxylic acids is 1. The van der Waals surface area contributed by atoms with Crippen molar-refractivity contribution in [2.24, 2.45) is 0 Å². The molecule has 2 rings (SSSR count). The van der Waals surface area contributed by atoms with E-state index in [0.717, 1.165) is 24.1 Å². The van der Waals surface area contributed by atoms with Gasteiger partial charge in [0.05, 0.1) is 11.6 Å². The van der Waals surface area contributed by atoms with Crippen molar-refractivity contribution < 1.29 is 4.79 Å². The summed E-state index contributed by atoms with van der Waals surface area (Å²) in [5.74, 6) is 0.0964. The lowest BCUT2D eigenvalue weighted by atomic mass is 10.1. The van der Waals surface area contributed by atoms with E-state index in [9.17, 15) is 4.79 Å². The van der Waals surface area contributed by atoms with Crippen LogP contribution < -0.4 is 10.6 Å². The average Bonchev–Trinajstić information content (AvgIpc) is 3.15. The van der Waals surface area contributed by atoms with Gasteiger partial charge in [0, 0.05) is 24.7 Å². The summed E-state index contributed by atoms with van der Waals surface area (Å²) in [6.45, 7) is 2.57. The summed E-state index contributed by atoms with van der Waals surface area (Å²) >= 11 is 0. The smallest absolute Gasteiger partial charge is 0.221 e. The Balaban J connectivity index is 1.81. The number of amides is 1. The van der Waals surface area contributed by atoms with Crippen LogP contribution in [0.25, 0.3) is 0 Å². The molecule has 1 saturated carbocycles. The van der Waals surface area contributed by atoms with Crippen LogP contribution in [0.2, 0.25) is 0 Å². The Morgan fingerprint density at radius 3 is 2.94 bits per heavy atom. The van der Waals surface area contributed by atoms with Crippen molar-refractivity contribution in [1.29, 1.82) is 5.26 Å². The van der Waals surface area contributed by atoms with Crippen molar-refractivity contribution in [1.82, 2.24) is 5.32 Å². The molecule has 1 amide bonds. The minimum Gasteiger partial charge on any atom is -0.384 e. The Kier molecular flexibility index (Phi) is 3.83. The van der Waals surface area contributed by atoms with Gasteiger partial charge in [-0.25, -0.2) is 0 Å². The number of carbonyl (C=O) groups is 1. The number of nitrogens with one attached hydrogen (secondary N) is 2. The fourth-order valence-electron chi connectivity index (χ4n) is 1.72. The van der Waals surface area contributed by atoms with Crippen molar-refractivity contribution in [2.45, 2.75) is 32.2 Å². The van der Waals surface area contributed by atoms with E-state index in [1.165, 1.54) is 0 Å². The summed E-state index contributed by atoms with van der Waals surface area (Å²) in [5, 5.41) is 15.0. The first-order valence-electron chi connectivity index (χ1n) is 6.23. The second-order valence-electron chi connectivity index (χ2n) is 4.66. The maximum Gasteiger partial charge on any atom is 0.221 e. The molecule has 0 saturated heterocycles. The topological polar surface area (TPSA) is 64.9 Å². The number of rotatable bonds is 5. The van der Waals surface area contributed by atoms with E-state index in [2.05, 4.69) is 16.7 Å². The molecule has 18 heavy (non-hydrogen) atoms. The molecule has 0 bridgehead atoms. The Hall–Kier alpha value is -2.02. The lowest BCUT2D eigenvalue weighted by Gasteiger charge is -2.09. The standard InChI is InChI=1S/C14H17N3O/c1-10-2-3-11(9-15)8-13(10)16-7-6-14(18)17-12-4-5-12/h2-3,8,12,16H,4-7H2,1H3,(H,17,18). The number of nitriles is 1. The number of hydrogen-bond donors (Lipinski definition) is 2. The van der Waals surface area contributed by atoms with E-state index in [4.69, 9.17) is 5.26 Å². The number of benzene rings is 1. The molecule has 0 aliphatic heterocycles. The van der Waals surface area contributed by atoms with Crippen LogP contribution in [0.5, 0.6) is 0 Å². The molecule has 4 heteroatoms. The van der Waals surface area contributed by atoms with Gasteiger partial charge in [-0.05, 0) is 37.5 Å². The summed E-state index contributed by atoms with van der Waals surface area (Å²) < 4.78 is 0. The highest BCUT2D eigenvalue weighted by molar-refractivity contribution is 5.77. The van der Waals surface area contributed by atoms with Crippen molar-refractivity contribution in [3.63, 3.8) is 0 Å². The maximum atomic E-state index is 11.5. The van der Waals surface area contributed by atoms with Crippen molar-refractivity contribution in [3.8, 4) is 6.07 Å². The fourth-order valence-corrected chi connectivity index (χ4v) is 1.72. The highest BCUT2D eigenvalue weighted by Crippen LogP contribution is 2.19. The van der Waals surface area contributed by atoms with Crippen LogP contribution in [-0.4, -0.2) is 18.5 Å². The molecule has 2 N–H and O–H groups in total. The third-order valence-electron chi connectivity index (χ3n) is 2.98. The zero-order valence-electron chi connectivity index (χ0n) is 10.5. The van der Waals surface area contributed by atoms with Crippen LogP contribution in [0.4, 0.5) is 5.69 Å². The van der Waals surface area contributed by atoms with Crippen LogP contribution in [0.1, 0.15) is 30.4 Å². The van der Waals surface area contributed by atoms with Gasteiger partial charge in [-0.3, -0.25) is 4.79 Å². The van der Waals surface area contributed by atoms with Gasteiger partial charge in [0.15, 0.2) is 0 Å². The quantitative estimate of drug-likeness (QED) is 0.830. The predicted molar refractivity (Wildman–Crippen MR) is 70.2 cm³/mol. The monoisotopic (exact) mass is 243 g/mol. The lowest BCUT2D eigenvalue weighted by molar-refractivity contribution is -0.120. The molecule has 4 nitrogen and oxygen atoms in total. The van der Waals surface area contributed by atoms with Gasteiger partial charge in [-0.15, -0.1) is 0 Å². The van der Waals surface area contributed by atoms with Gasteiger partial charge in [0.1, 0.15) is 0 Å². The molecule has 0 aromatic heterocycles. The summed E-state index contributed by atoms with van der Waals surface area (Å²) in [7, 11) is 0. The van der Waals surface area contributed by atoms with Crippen molar-refractivity contribution in [2.75, 3.05) is 11.9 Å². The third-order valence-corrected chi connectivity index (χ3v) is 2.98. The predicted octanol–water partition coefficient (Wildman–Crippen LogP) is 1.95. The number of hydrogen-bond acceptors (Lipinski definition) is 3. The van der Waals surface area contributed by atoms with E-state index < -0.39 is 0 Å². The second-order valence-corrected chi connectivity index (χ2v) is 4.66. The first kappa shape index (κ1) is 12.4. The van der Waals surface area contributed by atoms with Crippen LogP contribution >= 0.6 is 0 Å². The molecule has 0 spiro atoms. The Morgan fingerprint density at radius 1 is 1.50 bits per heavy atom. The molecule has 0 atom stereocenters. The minimum atomic E-state index is 0.0964. The molecule has 0 heterocycles. The van der Waals surface area contributed by atoms with E-state index in [0.29, 0.717) is 24.6 Å². The van der Waals surface area contributed by atoms with E-state index >= 15 is 0 Å². The van der Waals surface area contributed by atoms with Crippen LogP contribution in [-0.2, 0) is 4.79 Å². The Morgan fingerprint density at radius 2 is 2.28 bits per heavy atom. The van der Waals surface area contributed by atoms with Gasteiger partial charge in [-0.1, -0.05) is 6.07 Å². The maximum absolute atomic E-state index is 11.5. The zero-order chi connectivity index (χ0) is 13.0. The van der Waals surface area contributed by atoms with Gasteiger partial charge >= 0.3 is 0 Å². The Labute approximate surface area is 107 Å². The molecule has 0 radical (unpaired) electrons. The van der Waals surface area contributed by atoms with E-state index in [1.807, 2.05) is 19.1 Å². The molecular formula is C14H17N3O. The Bertz CT molecular complexity index is 486. The average molecular weight is 243 g/mol.